The zero-order valence-electron chi connectivity index (χ0n) is 9.54. The number of carbonyl (C=O) groups excluding carboxylic acids is 1. The average Bonchev–Trinajstić information content (AvgIpc) is 2.76. The molecule has 0 fully saturated rings. The van der Waals surface area contributed by atoms with E-state index in [0.717, 1.165) is 11.3 Å². The molecule has 2 aromatic heterocycles. The normalized spacial score (nSPS) is 10.1. The summed E-state index contributed by atoms with van der Waals surface area (Å²) in [5.41, 5.74) is -0.172. The number of pyridine rings is 1. The second-order valence-corrected chi connectivity index (χ2v) is 4.44. The molecule has 98 valence electrons. The lowest BCUT2D eigenvalue weighted by Gasteiger charge is -1.99. The van der Waals surface area contributed by atoms with E-state index in [0.29, 0.717) is 5.69 Å². The van der Waals surface area contributed by atoms with Crippen LogP contribution in [0.1, 0.15) is 16.1 Å². The lowest BCUT2D eigenvalue weighted by atomic mass is 10.2. The topological polar surface area (TPSA) is 112 Å². The number of thiazole rings is 1. The average molecular weight is 279 g/mol. The molecule has 0 unspecified atom stereocenters. The molecule has 0 radical (unpaired) electrons. The van der Waals surface area contributed by atoms with Crippen molar-refractivity contribution >= 4 is 28.3 Å². The Morgan fingerprint density at radius 3 is 2.95 bits per heavy atom. The molecule has 0 spiro atoms. The summed E-state index contributed by atoms with van der Waals surface area (Å²) in [6.07, 6.45) is 1.21. The van der Waals surface area contributed by atoms with E-state index in [4.69, 9.17) is 5.11 Å². The highest BCUT2D eigenvalue weighted by Gasteiger charge is 2.12. The monoisotopic (exact) mass is 279 g/mol. The standard InChI is InChI=1S/C11H9N3O4S/c15-8(16)4-6-5-19-11(13-6)14-10(18)7-2-1-3-12-9(7)17/h1-3,5H,4H2,(H,12,17)(H,15,16)(H,13,14,18). The van der Waals surface area contributed by atoms with Gasteiger partial charge in [-0.05, 0) is 12.1 Å². The summed E-state index contributed by atoms with van der Waals surface area (Å²) in [4.78, 5) is 40.0. The third-order valence-electron chi connectivity index (χ3n) is 2.17. The Hall–Kier alpha value is -2.48. The van der Waals surface area contributed by atoms with Crippen molar-refractivity contribution in [1.82, 2.24) is 9.97 Å². The number of anilines is 1. The fourth-order valence-corrected chi connectivity index (χ4v) is 2.07. The van der Waals surface area contributed by atoms with Gasteiger partial charge in [0.05, 0.1) is 12.1 Å². The summed E-state index contributed by atoms with van der Waals surface area (Å²) in [5, 5.41) is 12.8. The summed E-state index contributed by atoms with van der Waals surface area (Å²) in [6.45, 7) is 0. The maximum Gasteiger partial charge on any atom is 0.309 e. The number of nitrogens with one attached hydrogen (secondary N) is 2. The van der Waals surface area contributed by atoms with Crippen molar-refractivity contribution in [3.05, 3.63) is 45.3 Å². The van der Waals surface area contributed by atoms with Crippen LogP contribution in [0.3, 0.4) is 0 Å². The zero-order valence-corrected chi connectivity index (χ0v) is 10.4. The number of aliphatic carboxylic acids is 1. The van der Waals surface area contributed by atoms with Crippen molar-refractivity contribution in [3.63, 3.8) is 0 Å². The Morgan fingerprint density at radius 1 is 1.47 bits per heavy atom. The number of amides is 1. The molecule has 8 heteroatoms. The van der Waals surface area contributed by atoms with Gasteiger partial charge < -0.3 is 10.1 Å². The molecule has 1 amide bonds. The number of hydrogen-bond acceptors (Lipinski definition) is 5. The van der Waals surface area contributed by atoms with E-state index < -0.39 is 17.4 Å². The van der Waals surface area contributed by atoms with Gasteiger partial charge in [-0.25, -0.2) is 4.98 Å². The summed E-state index contributed by atoms with van der Waals surface area (Å²) < 4.78 is 0. The second kappa shape index (κ2) is 5.44. The molecular formula is C11H9N3O4S. The van der Waals surface area contributed by atoms with Gasteiger partial charge in [0, 0.05) is 11.6 Å². The third-order valence-corrected chi connectivity index (χ3v) is 2.97. The highest BCUT2D eigenvalue weighted by Crippen LogP contribution is 2.16. The lowest BCUT2D eigenvalue weighted by molar-refractivity contribution is -0.136. The van der Waals surface area contributed by atoms with Crippen LogP contribution in [0.5, 0.6) is 0 Å². The van der Waals surface area contributed by atoms with Gasteiger partial charge >= 0.3 is 5.97 Å². The zero-order chi connectivity index (χ0) is 13.8. The first kappa shape index (κ1) is 13.0. The molecule has 0 aliphatic heterocycles. The summed E-state index contributed by atoms with van der Waals surface area (Å²) in [5.74, 6) is -1.58. The molecule has 0 aliphatic carbocycles. The van der Waals surface area contributed by atoms with E-state index in [1.807, 2.05) is 0 Å². The van der Waals surface area contributed by atoms with Gasteiger partial charge in [-0.15, -0.1) is 11.3 Å². The number of rotatable bonds is 4. The molecule has 3 N–H and O–H groups in total. The molecule has 2 heterocycles. The first-order chi connectivity index (χ1) is 9.06. The Morgan fingerprint density at radius 2 is 2.26 bits per heavy atom. The van der Waals surface area contributed by atoms with Gasteiger partial charge in [-0.3, -0.25) is 19.7 Å². The fourth-order valence-electron chi connectivity index (χ4n) is 1.37. The van der Waals surface area contributed by atoms with Gasteiger partial charge in [0.15, 0.2) is 5.13 Å². The largest absolute Gasteiger partial charge is 0.481 e. The van der Waals surface area contributed by atoms with Crippen LogP contribution < -0.4 is 10.9 Å². The fraction of sp³-hybridized carbons (Fsp3) is 0.0909. The predicted octanol–water partition coefficient (Wildman–Crippen LogP) is 0.711. The number of aromatic amines is 1. The van der Waals surface area contributed by atoms with Crippen LogP contribution in [0.15, 0.2) is 28.5 Å². The van der Waals surface area contributed by atoms with Crippen LogP contribution >= 0.6 is 11.3 Å². The highest BCUT2D eigenvalue weighted by molar-refractivity contribution is 7.14. The van der Waals surface area contributed by atoms with E-state index in [2.05, 4.69) is 15.3 Å². The molecule has 0 aromatic carbocycles. The minimum atomic E-state index is -0.998. The summed E-state index contributed by atoms with van der Waals surface area (Å²) in [7, 11) is 0. The summed E-state index contributed by atoms with van der Waals surface area (Å²) >= 11 is 1.10. The van der Waals surface area contributed by atoms with Crippen LogP contribution in [-0.2, 0) is 11.2 Å². The quantitative estimate of drug-likeness (QED) is 0.763. The van der Waals surface area contributed by atoms with E-state index in [9.17, 15) is 14.4 Å². The third kappa shape index (κ3) is 3.26. The molecule has 0 saturated heterocycles. The first-order valence-corrected chi connectivity index (χ1v) is 6.09. The van der Waals surface area contributed by atoms with Gasteiger partial charge in [-0.2, -0.15) is 0 Å². The van der Waals surface area contributed by atoms with Crippen LogP contribution in [0.4, 0.5) is 5.13 Å². The lowest BCUT2D eigenvalue weighted by Crippen LogP contribution is -2.22. The number of nitrogens with zero attached hydrogens (tertiary/aromatic N) is 1. The number of hydrogen-bond donors (Lipinski definition) is 3. The minimum Gasteiger partial charge on any atom is -0.481 e. The number of carboxylic acids is 1. The van der Waals surface area contributed by atoms with Crippen molar-refractivity contribution in [2.24, 2.45) is 0 Å². The molecule has 0 bridgehead atoms. The Kier molecular flexibility index (Phi) is 3.71. The van der Waals surface area contributed by atoms with E-state index in [1.165, 1.54) is 18.3 Å². The van der Waals surface area contributed by atoms with Gasteiger partial charge in [0.25, 0.3) is 11.5 Å². The Balaban J connectivity index is 2.11. The van der Waals surface area contributed by atoms with Crippen molar-refractivity contribution in [2.75, 3.05) is 5.32 Å². The van der Waals surface area contributed by atoms with Crippen molar-refractivity contribution in [2.45, 2.75) is 6.42 Å². The van der Waals surface area contributed by atoms with Crippen LogP contribution in [-0.4, -0.2) is 27.0 Å². The Bertz CT molecular complexity index is 676. The molecule has 7 nitrogen and oxygen atoms in total. The number of aromatic nitrogens is 2. The SMILES string of the molecule is O=C(O)Cc1csc(NC(=O)c2ccc[nH]c2=O)n1. The Labute approximate surface area is 110 Å². The maximum atomic E-state index is 11.8. The number of H-pyrrole nitrogens is 1. The van der Waals surface area contributed by atoms with Gasteiger partial charge in [-0.1, -0.05) is 0 Å². The second-order valence-electron chi connectivity index (χ2n) is 3.58. The summed E-state index contributed by atoms with van der Waals surface area (Å²) in [6, 6.07) is 2.92. The molecule has 0 saturated carbocycles. The van der Waals surface area contributed by atoms with Crippen LogP contribution in [0, 0.1) is 0 Å². The van der Waals surface area contributed by atoms with E-state index in [-0.39, 0.29) is 17.1 Å². The first-order valence-electron chi connectivity index (χ1n) is 5.21. The molecule has 0 atom stereocenters. The predicted molar refractivity (Wildman–Crippen MR) is 68.5 cm³/mol. The molecule has 19 heavy (non-hydrogen) atoms. The van der Waals surface area contributed by atoms with Crippen molar-refractivity contribution in [1.29, 1.82) is 0 Å². The molecule has 0 aliphatic rings. The molecular weight excluding hydrogens is 270 g/mol. The van der Waals surface area contributed by atoms with Crippen LogP contribution in [0.25, 0.3) is 0 Å². The minimum absolute atomic E-state index is 0.0301. The van der Waals surface area contributed by atoms with E-state index >= 15 is 0 Å². The smallest absolute Gasteiger partial charge is 0.309 e. The maximum absolute atomic E-state index is 11.8. The molecule has 2 aromatic rings. The van der Waals surface area contributed by atoms with E-state index in [1.54, 1.807) is 5.38 Å². The van der Waals surface area contributed by atoms with Crippen molar-refractivity contribution < 1.29 is 14.7 Å². The molecule has 2 rings (SSSR count). The van der Waals surface area contributed by atoms with Gasteiger partial charge in [0.1, 0.15) is 5.56 Å². The number of carbonyl (C=O) groups is 2. The highest BCUT2D eigenvalue weighted by atomic mass is 32.1. The van der Waals surface area contributed by atoms with Gasteiger partial charge in [0.2, 0.25) is 0 Å². The number of carboxylic acid groups (broad SMARTS) is 1. The van der Waals surface area contributed by atoms with Crippen LogP contribution in [0.2, 0.25) is 0 Å². The van der Waals surface area contributed by atoms with Crippen molar-refractivity contribution in [3.8, 4) is 0 Å².